The quantitative estimate of drug-likeness (QED) is 0.538. The summed E-state index contributed by atoms with van der Waals surface area (Å²) in [4.78, 5) is 0. The van der Waals surface area contributed by atoms with Crippen molar-refractivity contribution in [3.05, 3.63) is 47.5 Å². The van der Waals surface area contributed by atoms with Gasteiger partial charge in [0, 0.05) is 0 Å². The maximum Gasteiger partial charge on any atom is -0.0152 e. The molecule has 0 bridgehead atoms. The van der Waals surface area contributed by atoms with Gasteiger partial charge in [0.15, 0.2) is 0 Å². The summed E-state index contributed by atoms with van der Waals surface area (Å²) in [5, 5.41) is 2.87. The van der Waals surface area contributed by atoms with Gasteiger partial charge in [0.1, 0.15) is 0 Å². The Morgan fingerprint density at radius 1 is 0.789 bits per heavy atom. The van der Waals surface area contributed by atoms with Crippen molar-refractivity contribution in [2.45, 2.75) is 58.8 Å². The van der Waals surface area contributed by atoms with Gasteiger partial charge in [0.05, 0.1) is 0 Å². The van der Waals surface area contributed by atoms with Crippen LogP contribution in [0.2, 0.25) is 0 Å². The molecule has 0 unspecified atom stereocenters. The third kappa shape index (κ3) is 3.83. The Morgan fingerprint density at radius 2 is 1.63 bits per heavy atom. The normalized spacial score (nSPS) is 11.1. The predicted molar refractivity (Wildman–Crippen MR) is 85.8 cm³/mol. The van der Waals surface area contributed by atoms with Crippen LogP contribution in [0.4, 0.5) is 0 Å². The Morgan fingerprint density at radius 3 is 2.42 bits per heavy atom. The number of unbranched alkanes of at least 4 members (excludes halogenated alkanes) is 3. The van der Waals surface area contributed by atoms with Crippen LogP contribution in [0.5, 0.6) is 0 Å². The van der Waals surface area contributed by atoms with Gasteiger partial charge in [-0.1, -0.05) is 75.9 Å². The van der Waals surface area contributed by atoms with Crippen LogP contribution in [0.15, 0.2) is 36.4 Å². The number of rotatable bonds is 7. The number of hydrogen-bond acceptors (Lipinski definition) is 0. The minimum absolute atomic E-state index is 1.20. The molecule has 0 radical (unpaired) electrons. The van der Waals surface area contributed by atoms with Crippen molar-refractivity contribution in [2.24, 2.45) is 0 Å². The maximum atomic E-state index is 2.44. The van der Waals surface area contributed by atoms with Gasteiger partial charge in [0.2, 0.25) is 0 Å². The Kier molecular flexibility index (Phi) is 5.44. The van der Waals surface area contributed by atoms with Gasteiger partial charge in [-0.05, 0) is 41.2 Å². The summed E-state index contributed by atoms with van der Waals surface area (Å²) >= 11 is 0. The predicted octanol–water partition coefficient (Wildman–Crippen LogP) is 5.92. The lowest BCUT2D eigenvalue weighted by Gasteiger charge is -2.10. The largest absolute Gasteiger partial charge is 0.0654 e. The van der Waals surface area contributed by atoms with E-state index in [2.05, 4.69) is 50.2 Å². The second-order valence-electron chi connectivity index (χ2n) is 5.54. The van der Waals surface area contributed by atoms with Gasteiger partial charge >= 0.3 is 0 Å². The first-order valence-electron chi connectivity index (χ1n) is 7.85. The summed E-state index contributed by atoms with van der Waals surface area (Å²) in [6.45, 7) is 4.54. The highest BCUT2D eigenvalue weighted by molar-refractivity contribution is 5.86. The lowest BCUT2D eigenvalue weighted by atomic mass is 9.95. The molecular formula is C19H26. The molecule has 2 aromatic rings. The maximum absolute atomic E-state index is 2.44. The summed E-state index contributed by atoms with van der Waals surface area (Å²) < 4.78 is 0. The highest BCUT2D eigenvalue weighted by Gasteiger charge is 2.03. The number of fused-ring (bicyclic) bond motifs is 1. The van der Waals surface area contributed by atoms with Crippen molar-refractivity contribution in [1.82, 2.24) is 0 Å². The molecule has 0 spiro atoms. The molecule has 0 fully saturated rings. The van der Waals surface area contributed by atoms with Crippen molar-refractivity contribution in [1.29, 1.82) is 0 Å². The summed E-state index contributed by atoms with van der Waals surface area (Å²) in [5.74, 6) is 0. The fourth-order valence-corrected chi connectivity index (χ4v) is 2.84. The molecule has 19 heavy (non-hydrogen) atoms. The smallest absolute Gasteiger partial charge is 0.0152 e. The summed E-state index contributed by atoms with van der Waals surface area (Å²) in [6, 6.07) is 13.7. The summed E-state index contributed by atoms with van der Waals surface area (Å²) in [7, 11) is 0. The van der Waals surface area contributed by atoms with Gasteiger partial charge in [0.25, 0.3) is 0 Å². The zero-order valence-electron chi connectivity index (χ0n) is 12.4. The van der Waals surface area contributed by atoms with Gasteiger partial charge in [-0.3, -0.25) is 0 Å². The molecule has 0 saturated carbocycles. The van der Waals surface area contributed by atoms with Gasteiger partial charge < -0.3 is 0 Å². The molecule has 102 valence electrons. The molecular weight excluding hydrogens is 228 g/mol. The zero-order chi connectivity index (χ0) is 13.5. The second-order valence-corrected chi connectivity index (χ2v) is 5.54. The Bertz CT molecular complexity index is 510. The minimum Gasteiger partial charge on any atom is -0.0654 e. The summed E-state index contributed by atoms with van der Waals surface area (Å²) in [6.07, 6.45) is 9.04. The lowest BCUT2D eigenvalue weighted by molar-refractivity contribution is 0.668. The first-order valence-corrected chi connectivity index (χ1v) is 7.85. The van der Waals surface area contributed by atoms with Gasteiger partial charge in [-0.2, -0.15) is 0 Å². The van der Waals surface area contributed by atoms with Crippen molar-refractivity contribution in [3.8, 4) is 0 Å². The van der Waals surface area contributed by atoms with Crippen LogP contribution in [0.3, 0.4) is 0 Å². The van der Waals surface area contributed by atoms with E-state index in [1.165, 1.54) is 61.3 Å². The molecule has 0 aliphatic carbocycles. The minimum atomic E-state index is 1.20. The van der Waals surface area contributed by atoms with E-state index in [1.807, 2.05) is 0 Å². The fraction of sp³-hybridized carbons (Fsp3) is 0.474. The van der Waals surface area contributed by atoms with E-state index in [9.17, 15) is 0 Å². The third-order valence-electron chi connectivity index (χ3n) is 3.85. The molecule has 0 atom stereocenters. The zero-order valence-corrected chi connectivity index (χ0v) is 12.4. The number of hydrogen-bond donors (Lipinski definition) is 0. The molecule has 0 aliphatic heterocycles. The molecule has 0 nitrogen and oxygen atoms in total. The lowest BCUT2D eigenvalue weighted by Crippen LogP contribution is -1.92. The highest BCUT2D eigenvalue weighted by Crippen LogP contribution is 2.23. The molecule has 0 heteroatoms. The van der Waals surface area contributed by atoms with Crippen molar-refractivity contribution < 1.29 is 0 Å². The number of benzene rings is 2. The Labute approximate surface area is 117 Å². The van der Waals surface area contributed by atoms with E-state index in [-0.39, 0.29) is 0 Å². The van der Waals surface area contributed by atoms with Crippen LogP contribution in [-0.2, 0) is 12.8 Å². The van der Waals surface area contributed by atoms with E-state index in [0.717, 1.165) is 0 Å². The molecule has 0 heterocycles. The molecule has 0 saturated heterocycles. The topological polar surface area (TPSA) is 0 Å². The third-order valence-corrected chi connectivity index (χ3v) is 3.85. The number of aryl methyl sites for hydroxylation is 2. The first kappa shape index (κ1) is 14.1. The molecule has 0 aliphatic rings. The van der Waals surface area contributed by atoms with Crippen molar-refractivity contribution >= 4 is 10.8 Å². The summed E-state index contributed by atoms with van der Waals surface area (Å²) in [5.41, 5.74) is 3.06. The van der Waals surface area contributed by atoms with Crippen LogP contribution in [-0.4, -0.2) is 0 Å². The van der Waals surface area contributed by atoms with E-state index >= 15 is 0 Å². The van der Waals surface area contributed by atoms with Crippen molar-refractivity contribution in [3.63, 3.8) is 0 Å². The van der Waals surface area contributed by atoms with E-state index < -0.39 is 0 Å². The monoisotopic (exact) mass is 254 g/mol. The molecule has 2 rings (SSSR count). The van der Waals surface area contributed by atoms with E-state index in [1.54, 1.807) is 5.56 Å². The Hall–Kier alpha value is -1.30. The highest BCUT2D eigenvalue weighted by atomic mass is 14.1. The van der Waals surface area contributed by atoms with Crippen LogP contribution in [0.1, 0.15) is 57.1 Å². The molecule has 0 aromatic heterocycles. The molecule has 0 amide bonds. The fourth-order valence-electron chi connectivity index (χ4n) is 2.84. The Balaban J connectivity index is 2.23. The van der Waals surface area contributed by atoms with E-state index in [0.29, 0.717) is 0 Å². The van der Waals surface area contributed by atoms with Gasteiger partial charge in [-0.15, -0.1) is 0 Å². The second kappa shape index (κ2) is 7.33. The van der Waals surface area contributed by atoms with Gasteiger partial charge in [-0.25, -0.2) is 0 Å². The van der Waals surface area contributed by atoms with Crippen LogP contribution >= 0.6 is 0 Å². The van der Waals surface area contributed by atoms with Crippen LogP contribution in [0, 0.1) is 0 Å². The molecule has 2 aromatic carbocycles. The average molecular weight is 254 g/mol. The average Bonchev–Trinajstić information content (AvgIpc) is 2.44. The first-order chi connectivity index (χ1) is 9.35. The van der Waals surface area contributed by atoms with E-state index in [4.69, 9.17) is 0 Å². The SMILES string of the molecule is CCCCCCc1cc(CCC)cc2ccccc12. The molecule has 0 N–H and O–H groups in total. The van der Waals surface area contributed by atoms with Crippen molar-refractivity contribution in [2.75, 3.05) is 0 Å². The van der Waals surface area contributed by atoms with Crippen LogP contribution < -0.4 is 0 Å². The standard InChI is InChI=1S/C19H26/c1-3-5-6-7-11-17-14-16(10-4-2)15-18-12-8-9-13-19(17)18/h8-9,12-15H,3-7,10-11H2,1-2H3. The van der Waals surface area contributed by atoms with Crippen LogP contribution in [0.25, 0.3) is 10.8 Å².